The van der Waals surface area contributed by atoms with Gasteiger partial charge in [0.1, 0.15) is 13.2 Å². The first kappa shape index (κ1) is 79.9. The number of hydrogen-bond acceptors (Lipinski definition) is 5. The molecule has 476 valence electrons. The van der Waals surface area contributed by atoms with Gasteiger partial charge in [0.25, 0.3) is 0 Å². The highest BCUT2D eigenvalue weighted by molar-refractivity contribution is 7.47. The van der Waals surface area contributed by atoms with Crippen LogP contribution in [0.2, 0.25) is 0 Å². The number of nitrogens with zero attached hydrogens (tertiary/aromatic N) is 1. The number of quaternary nitrogens is 1. The molecule has 3 N–H and O–H groups in total. The van der Waals surface area contributed by atoms with Crippen LogP contribution in [0.4, 0.5) is 0 Å². The summed E-state index contributed by atoms with van der Waals surface area (Å²) in [6.45, 7) is 4.65. The Hall–Kier alpha value is -4.14. The molecule has 0 fully saturated rings. The Labute approximate surface area is 517 Å². The van der Waals surface area contributed by atoms with Gasteiger partial charge in [-0.25, -0.2) is 4.57 Å². The zero-order valence-electron chi connectivity index (χ0n) is 54.3. The van der Waals surface area contributed by atoms with E-state index in [2.05, 4.69) is 177 Å². The van der Waals surface area contributed by atoms with Crippen LogP contribution in [0.15, 0.2) is 170 Å². The molecule has 9 heteroatoms. The molecule has 1 amide bonds. The van der Waals surface area contributed by atoms with E-state index in [1.807, 2.05) is 27.2 Å². The molecule has 3 atom stereocenters. The lowest BCUT2D eigenvalue weighted by Crippen LogP contribution is -2.45. The van der Waals surface area contributed by atoms with Gasteiger partial charge in [-0.1, -0.05) is 287 Å². The second kappa shape index (κ2) is 63.4. The van der Waals surface area contributed by atoms with E-state index in [1.165, 1.54) is 96.3 Å². The van der Waals surface area contributed by atoms with Crippen molar-refractivity contribution in [2.75, 3.05) is 40.9 Å². The van der Waals surface area contributed by atoms with E-state index in [-0.39, 0.29) is 19.1 Å². The number of amides is 1. The molecule has 0 aliphatic heterocycles. The molecule has 0 rings (SSSR count). The number of rotatable bonds is 59. The molecule has 0 aromatic heterocycles. The SMILES string of the molecule is CC/C=C\C/C=C\C/C=C\C/C=C\C/C=C\C/C=C\C/C=C\C/C=C\C/C=C\C/C=C\C/C=C\C/C=C\CCCCCCC(=O)NC(COP(=O)(O)OCC[N+](C)(C)C)C(O)/C=C/CC/C=C/CCCCCCCCCCCCCCCCC. The maximum Gasteiger partial charge on any atom is 0.472 e. The van der Waals surface area contributed by atoms with Crippen LogP contribution in [0.5, 0.6) is 0 Å². The van der Waals surface area contributed by atoms with Crippen molar-refractivity contribution in [1.29, 1.82) is 0 Å². The molecule has 0 aromatic carbocycles. The van der Waals surface area contributed by atoms with Gasteiger partial charge in [-0.3, -0.25) is 13.8 Å². The standard InChI is InChI=1S/C75H125N2O6P/c1-6-8-10-12-14-16-18-20-22-24-26-28-29-30-31-32-33-34-35-36-37-38-39-40-41-42-43-44-45-46-47-49-51-53-55-57-59-61-63-65-67-69-75(79)76-73(72-83-84(80,81)82-71-70-77(3,4)5)74(78)68-66-64-62-60-58-56-54-52-50-48-27-25-23-21-19-17-15-13-11-9-7-2/h8,10,14,16,20,22,26,28,30-31,33-34,36-37,39-40,42-43,45-46,49,51,55,57-58,60,66,68,73-74,78H,6-7,9,11-13,15,17-19,21,23-25,27,29,32,35,38,41,44,47-48,50,52-54,56,59,61-65,67,69-72H2,1-5H3,(H-,76,79,80,81)/p+1/b10-8-,16-14-,22-20-,28-26-,31-30-,34-33-,37-36-,40-39-,43-42-,46-45-,51-49-,57-55-,60-58+,68-66+. The summed E-state index contributed by atoms with van der Waals surface area (Å²) in [5.74, 6) is -0.217. The number of hydrogen-bond donors (Lipinski definition) is 3. The Morgan fingerprint density at radius 2 is 0.726 bits per heavy atom. The number of carbonyl (C=O) groups excluding carboxylic acids is 1. The van der Waals surface area contributed by atoms with Gasteiger partial charge >= 0.3 is 7.82 Å². The number of phosphoric ester groups is 1. The Balaban J connectivity index is 4.25. The average Bonchev–Trinajstić information content (AvgIpc) is 3.56. The maximum absolute atomic E-state index is 13.0. The van der Waals surface area contributed by atoms with Crippen LogP contribution in [0.1, 0.15) is 245 Å². The van der Waals surface area contributed by atoms with Crippen LogP contribution in [0, 0.1) is 0 Å². The molecular weight excluding hydrogens is 1060 g/mol. The minimum atomic E-state index is -4.38. The van der Waals surface area contributed by atoms with Crippen molar-refractivity contribution >= 4 is 13.7 Å². The topological polar surface area (TPSA) is 105 Å². The van der Waals surface area contributed by atoms with Gasteiger partial charge < -0.3 is 19.8 Å². The molecule has 0 spiro atoms. The first-order valence-electron chi connectivity index (χ1n) is 33.5. The van der Waals surface area contributed by atoms with E-state index in [0.29, 0.717) is 17.4 Å². The maximum atomic E-state index is 13.0. The summed E-state index contributed by atoms with van der Waals surface area (Å²) in [5.41, 5.74) is 0. The molecule has 8 nitrogen and oxygen atoms in total. The Morgan fingerprint density at radius 3 is 1.10 bits per heavy atom. The minimum absolute atomic E-state index is 0.0420. The third kappa shape index (κ3) is 65.4. The summed E-state index contributed by atoms with van der Waals surface area (Å²) in [6.07, 6.45) is 101. The summed E-state index contributed by atoms with van der Waals surface area (Å²) in [6, 6.07) is -0.891. The summed E-state index contributed by atoms with van der Waals surface area (Å²) in [5, 5.41) is 13.9. The Morgan fingerprint density at radius 1 is 0.417 bits per heavy atom. The number of phosphoric acid groups is 1. The minimum Gasteiger partial charge on any atom is -0.387 e. The molecular formula is C75H126N2O6P+. The quantitative estimate of drug-likeness (QED) is 0.0243. The summed E-state index contributed by atoms with van der Waals surface area (Å²) in [7, 11) is 1.51. The predicted molar refractivity (Wildman–Crippen MR) is 368 cm³/mol. The molecule has 0 bridgehead atoms. The van der Waals surface area contributed by atoms with Crippen LogP contribution in [0.3, 0.4) is 0 Å². The van der Waals surface area contributed by atoms with E-state index in [9.17, 15) is 19.4 Å². The van der Waals surface area contributed by atoms with Crippen molar-refractivity contribution in [3.8, 4) is 0 Å². The lowest BCUT2D eigenvalue weighted by molar-refractivity contribution is -0.870. The Kier molecular flexibility index (Phi) is 60.2. The smallest absolute Gasteiger partial charge is 0.387 e. The zero-order valence-corrected chi connectivity index (χ0v) is 55.2. The third-order valence-electron chi connectivity index (χ3n) is 13.9. The summed E-state index contributed by atoms with van der Waals surface area (Å²) < 4.78 is 23.7. The molecule has 0 aromatic rings. The number of nitrogens with one attached hydrogen (secondary N) is 1. The third-order valence-corrected chi connectivity index (χ3v) is 14.9. The number of unbranched alkanes of at least 4 members (excludes halogenated alkanes) is 20. The zero-order chi connectivity index (χ0) is 61.2. The molecule has 84 heavy (non-hydrogen) atoms. The average molecular weight is 1180 g/mol. The highest BCUT2D eigenvalue weighted by Gasteiger charge is 2.27. The second-order valence-corrected chi connectivity index (χ2v) is 24.6. The van der Waals surface area contributed by atoms with E-state index in [0.717, 1.165) is 128 Å². The number of allylic oxidation sites excluding steroid dienone is 27. The first-order chi connectivity index (χ1) is 41.0. The van der Waals surface area contributed by atoms with Crippen molar-refractivity contribution in [2.45, 2.75) is 257 Å². The van der Waals surface area contributed by atoms with Gasteiger partial charge in [-0.15, -0.1) is 0 Å². The van der Waals surface area contributed by atoms with Crippen molar-refractivity contribution in [3.63, 3.8) is 0 Å². The fraction of sp³-hybridized carbons (Fsp3) is 0.613. The van der Waals surface area contributed by atoms with Gasteiger partial charge in [0.15, 0.2) is 0 Å². The number of aliphatic hydroxyl groups excluding tert-OH is 1. The highest BCUT2D eigenvalue weighted by atomic mass is 31.2. The molecule has 3 unspecified atom stereocenters. The lowest BCUT2D eigenvalue weighted by atomic mass is 10.0. The molecule has 0 radical (unpaired) electrons. The normalized spacial score (nSPS) is 14.8. The molecule has 0 saturated carbocycles. The van der Waals surface area contributed by atoms with Crippen molar-refractivity contribution in [3.05, 3.63) is 170 Å². The van der Waals surface area contributed by atoms with Gasteiger partial charge in [0, 0.05) is 6.42 Å². The van der Waals surface area contributed by atoms with Gasteiger partial charge in [0.2, 0.25) is 5.91 Å². The van der Waals surface area contributed by atoms with Crippen LogP contribution < -0.4 is 5.32 Å². The van der Waals surface area contributed by atoms with Crippen molar-refractivity contribution < 1.29 is 32.9 Å². The lowest BCUT2D eigenvalue weighted by Gasteiger charge is -2.25. The summed E-state index contributed by atoms with van der Waals surface area (Å²) >= 11 is 0. The van der Waals surface area contributed by atoms with E-state index in [4.69, 9.17) is 9.05 Å². The first-order valence-corrected chi connectivity index (χ1v) is 35.0. The second-order valence-electron chi connectivity index (χ2n) is 23.1. The fourth-order valence-corrected chi connectivity index (χ4v) is 9.48. The predicted octanol–water partition coefficient (Wildman–Crippen LogP) is 21.5. The molecule has 0 saturated heterocycles. The number of carbonyl (C=O) groups is 1. The molecule has 0 heterocycles. The van der Waals surface area contributed by atoms with Crippen molar-refractivity contribution in [1.82, 2.24) is 5.32 Å². The van der Waals surface area contributed by atoms with Crippen LogP contribution in [-0.4, -0.2) is 73.4 Å². The van der Waals surface area contributed by atoms with Crippen LogP contribution in [0.25, 0.3) is 0 Å². The molecule has 0 aliphatic rings. The van der Waals surface area contributed by atoms with E-state index in [1.54, 1.807) is 6.08 Å². The highest BCUT2D eigenvalue weighted by Crippen LogP contribution is 2.43. The van der Waals surface area contributed by atoms with Crippen LogP contribution in [-0.2, 0) is 18.4 Å². The van der Waals surface area contributed by atoms with Gasteiger partial charge in [0.05, 0.1) is 39.9 Å². The van der Waals surface area contributed by atoms with E-state index >= 15 is 0 Å². The number of aliphatic hydroxyl groups is 1. The van der Waals surface area contributed by atoms with Gasteiger partial charge in [-0.2, -0.15) is 0 Å². The number of likely N-dealkylation sites (N-methyl/N-ethyl adjacent to an activating group) is 1. The summed E-state index contributed by atoms with van der Waals surface area (Å²) in [4.78, 5) is 23.4. The Bertz CT molecular complexity index is 1970. The van der Waals surface area contributed by atoms with Crippen molar-refractivity contribution in [2.24, 2.45) is 0 Å². The molecule has 0 aliphatic carbocycles. The van der Waals surface area contributed by atoms with Gasteiger partial charge in [-0.05, 0) is 122 Å². The fourth-order valence-electron chi connectivity index (χ4n) is 8.74. The van der Waals surface area contributed by atoms with Crippen LogP contribution >= 0.6 is 7.82 Å². The monoisotopic (exact) mass is 1180 g/mol. The van der Waals surface area contributed by atoms with E-state index < -0.39 is 20.0 Å². The largest absolute Gasteiger partial charge is 0.472 e.